The first-order valence-electron chi connectivity index (χ1n) is 11.3. The first kappa shape index (κ1) is 22.4. The summed E-state index contributed by atoms with van der Waals surface area (Å²) in [7, 11) is 0. The van der Waals surface area contributed by atoms with Crippen LogP contribution in [0, 0.1) is 5.92 Å². The second kappa shape index (κ2) is 11.7. The molecular weight excluding hydrogens is 398 g/mol. The highest BCUT2D eigenvalue weighted by molar-refractivity contribution is 5.91. The molecule has 4 rings (SSSR count). The summed E-state index contributed by atoms with van der Waals surface area (Å²) in [6.45, 7) is 4.96. The van der Waals surface area contributed by atoms with Gasteiger partial charge in [0.05, 0.1) is 38.2 Å². The van der Waals surface area contributed by atoms with Crippen molar-refractivity contribution in [3.63, 3.8) is 0 Å². The molecule has 166 valence electrons. The lowest BCUT2D eigenvalue weighted by molar-refractivity contribution is -0.0841. The van der Waals surface area contributed by atoms with Gasteiger partial charge in [-0.1, -0.05) is 97.9 Å². The molecule has 0 spiro atoms. The van der Waals surface area contributed by atoms with Crippen molar-refractivity contribution in [2.24, 2.45) is 10.9 Å². The third kappa shape index (κ3) is 6.36. The molecule has 0 saturated carbocycles. The summed E-state index contributed by atoms with van der Waals surface area (Å²) in [5.74, 6) is 0.261. The minimum absolute atomic E-state index is 0.0771. The Hall–Kier alpha value is -2.79. The third-order valence-electron chi connectivity index (χ3n) is 5.69. The third-order valence-corrected chi connectivity index (χ3v) is 5.69. The van der Waals surface area contributed by atoms with Gasteiger partial charge >= 0.3 is 0 Å². The Morgan fingerprint density at radius 1 is 0.656 bits per heavy atom. The van der Waals surface area contributed by atoms with Crippen LogP contribution in [-0.2, 0) is 34.0 Å². The summed E-state index contributed by atoms with van der Waals surface area (Å²) in [5.41, 5.74) is 4.37. The molecule has 0 aromatic heterocycles. The van der Waals surface area contributed by atoms with Crippen LogP contribution in [-0.4, -0.2) is 31.1 Å². The molecule has 0 aliphatic carbocycles. The zero-order valence-electron chi connectivity index (χ0n) is 18.6. The first-order valence-corrected chi connectivity index (χ1v) is 11.3. The van der Waals surface area contributed by atoms with E-state index in [0.717, 1.165) is 22.4 Å². The topological polar surface area (TPSA) is 40.0 Å². The van der Waals surface area contributed by atoms with E-state index in [0.29, 0.717) is 33.0 Å². The van der Waals surface area contributed by atoms with Crippen LogP contribution in [0.1, 0.15) is 23.6 Å². The molecule has 0 radical (unpaired) electrons. The van der Waals surface area contributed by atoms with E-state index in [9.17, 15) is 0 Å². The lowest BCUT2D eigenvalue weighted by atomic mass is 9.93. The molecule has 0 fully saturated rings. The van der Waals surface area contributed by atoms with E-state index in [4.69, 9.17) is 19.2 Å². The Bertz CT molecular complexity index is 960. The van der Waals surface area contributed by atoms with E-state index in [1.54, 1.807) is 0 Å². The number of aliphatic imine (C=N–C) groups is 1. The maximum Gasteiger partial charge on any atom is 0.124 e. The fraction of sp³-hybridized carbons (Fsp3) is 0.321. The van der Waals surface area contributed by atoms with E-state index >= 15 is 0 Å². The molecule has 1 aliphatic rings. The molecule has 3 aromatic rings. The van der Waals surface area contributed by atoms with Crippen LogP contribution in [0.5, 0.6) is 0 Å². The van der Waals surface area contributed by atoms with Gasteiger partial charge < -0.3 is 14.2 Å². The lowest BCUT2D eigenvalue weighted by Crippen LogP contribution is -2.48. The zero-order chi connectivity index (χ0) is 22.0. The number of hydrogen-bond acceptors (Lipinski definition) is 4. The van der Waals surface area contributed by atoms with Gasteiger partial charge in [-0.05, 0) is 16.7 Å². The fourth-order valence-corrected chi connectivity index (χ4v) is 3.89. The molecule has 0 amide bonds. The van der Waals surface area contributed by atoms with Gasteiger partial charge in [0.25, 0.3) is 0 Å². The molecule has 0 N–H and O–H groups in total. The van der Waals surface area contributed by atoms with E-state index in [1.807, 2.05) is 54.6 Å². The van der Waals surface area contributed by atoms with Gasteiger partial charge in [-0.3, -0.25) is 4.99 Å². The molecule has 4 heteroatoms. The second-order valence-corrected chi connectivity index (χ2v) is 8.27. The minimum Gasteiger partial charge on any atom is -0.371 e. The summed E-state index contributed by atoms with van der Waals surface area (Å²) in [6, 6.07) is 30.7. The van der Waals surface area contributed by atoms with Gasteiger partial charge in [-0.15, -0.1) is 0 Å². The molecule has 3 aromatic carbocycles. The van der Waals surface area contributed by atoms with Gasteiger partial charge in [0.2, 0.25) is 0 Å². The predicted octanol–water partition coefficient (Wildman–Crippen LogP) is 5.46. The first-order chi connectivity index (χ1) is 15.8. The SMILES string of the molecule is C[C@H]1CN=C(COCc2ccccc2)[C@@H](OCc2ccccc2)[C@@H]1OCc1ccccc1. The Kier molecular flexibility index (Phi) is 8.21. The summed E-state index contributed by atoms with van der Waals surface area (Å²) in [4.78, 5) is 4.83. The molecule has 32 heavy (non-hydrogen) atoms. The number of rotatable bonds is 10. The van der Waals surface area contributed by atoms with Crippen LogP contribution in [0.15, 0.2) is 96.0 Å². The number of nitrogens with zero attached hydrogens (tertiary/aromatic N) is 1. The summed E-state index contributed by atoms with van der Waals surface area (Å²) in [5, 5.41) is 0. The van der Waals surface area contributed by atoms with Crippen LogP contribution in [0.3, 0.4) is 0 Å². The Labute approximate surface area is 190 Å². The smallest absolute Gasteiger partial charge is 0.124 e. The summed E-state index contributed by atoms with van der Waals surface area (Å²) < 4.78 is 18.9. The van der Waals surface area contributed by atoms with Crippen molar-refractivity contribution in [1.82, 2.24) is 0 Å². The molecule has 3 atom stereocenters. The summed E-state index contributed by atoms with van der Waals surface area (Å²) >= 11 is 0. The lowest BCUT2D eigenvalue weighted by Gasteiger charge is -2.36. The average Bonchev–Trinajstić information content (AvgIpc) is 2.85. The minimum atomic E-state index is -0.238. The highest BCUT2D eigenvalue weighted by atomic mass is 16.5. The summed E-state index contributed by atoms with van der Waals surface area (Å²) in [6.07, 6.45) is -0.315. The number of ether oxygens (including phenoxy) is 3. The van der Waals surface area contributed by atoms with E-state index in [1.165, 1.54) is 0 Å². The molecule has 0 bridgehead atoms. The number of hydrogen-bond donors (Lipinski definition) is 0. The molecule has 1 heterocycles. The van der Waals surface area contributed by atoms with Gasteiger partial charge in [0, 0.05) is 12.5 Å². The molecule has 0 saturated heterocycles. The van der Waals surface area contributed by atoms with Gasteiger partial charge in [0.1, 0.15) is 6.10 Å². The van der Waals surface area contributed by atoms with Crippen molar-refractivity contribution >= 4 is 5.71 Å². The van der Waals surface area contributed by atoms with Gasteiger partial charge in [-0.2, -0.15) is 0 Å². The monoisotopic (exact) mass is 429 g/mol. The largest absolute Gasteiger partial charge is 0.371 e. The van der Waals surface area contributed by atoms with Crippen LogP contribution in [0.2, 0.25) is 0 Å². The highest BCUT2D eigenvalue weighted by Crippen LogP contribution is 2.24. The average molecular weight is 430 g/mol. The van der Waals surface area contributed by atoms with Crippen molar-refractivity contribution in [3.8, 4) is 0 Å². The van der Waals surface area contributed by atoms with Crippen molar-refractivity contribution < 1.29 is 14.2 Å². The van der Waals surface area contributed by atoms with Crippen molar-refractivity contribution in [2.75, 3.05) is 13.2 Å². The molecule has 0 unspecified atom stereocenters. The maximum atomic E-state index is 6.42. The quantitative estimate of drug-likeness (QED) is 0.429. The predicted molar refractivity (Wildman–Crippen MR) is 128 cm³/mol. The second-order valence-electron chi connectivity index (χ2n) is 8.27. The van der Waals surface area contributed by atoms with Crippen LogP contribution >= 0.6 is 0 Å². The van der Waals surface area contributed by atoms with Gasteiger partial charge in [0.15, 0.2) is 0 Å². The standard InChI is InChI=1S/C28H31NO3/c1-22-17-29-26(21-30-18-23-11-5-2-6-12-23)28(32-20-25-15-9-4-10-16-25)27(22)31-19-24-13-7-3-8-14-24/h2-16,22,27-28H,17-21H2,1H3/t22-,27+,28+/m0/s1. The Balaban J connectivity index is 1.44. The van der Waals surface area contributed by atoms with Crippen molar-refractivity contribution in [2.45, 2.75) is 39.0 Å². The molecule has 1 aliphatic heterocycles. The van der Waals surface area contributed by atoms with E-state index in [2.05, 4.69) is 43.3 Å². The Morgan fingerprint density at radius 2 is 1.16 bits per heavy atom. The zero-order valence-corrected chi connectivity index (χ0v) is 18.6. The fourth-order valence-electron chi connectivity index (χ4n) is 3.89. The van der Waals surface area contributed by atoms with E-state index < -0.39 is 0 Å². The van der Waals surface area contributed by atoms with Crippen LogP contribution < -0.4 is 0 Å². The normalized spacial score (nSPS) is 20.7. The highest BCUT2D eigenvalue weighted by Gasteiger charge is 2.36. The molecular formula is C28H31NO3. The van der Waals surface area contributed by atoms with Crippen LogP contribution in [0.4, 0.5) is 0 Å². The van der Waals surface area contributed by atoms with Crippen LogP contribution in [0.25, 0.3) is 0 Å². The van der Waals surface area contributed by atoms with Crippen molar-refractivity contribution in [1.29, 1.82) is 0 Å². The molecule has 4 nitrogen and oxygen atoms in total. The number of benzene rings is 3. The maximum absolute atomic E-state index is 6.42. The van der Waals surface area contributed by atoms with Crippen molar-refractivity contribution in [3.05, 3.63) is 108 Å². The Morgan fingerprint density at radius 3 is 1.72 bits per heavy atom. The van der Waals surface area contributed by atoms with Gasteiger partial charge in [-0.25, -0.2) is 0 Å². The van der Waals surface area contributed by atoms with E-state index in [-0.39, 0.29) is 18.1 Å².